The zero-order valence-corrected chi connectivity index (χ0v) is 8.13. The molecule has 0 bridgehead atoms. The van der Waals surface area contributed by atoms with E-state index in [0.29, 0.717) is 0 Å². The summed E-state index contributed by atoms with van der Waals surface area (Å²) in [4.78, 5) is 17.3. The summed E-state index contributed by atoms with van der Waals surface area (Å²) in [5.74, 6) is 0.434. The molecular weight excluding hydrogens is 194 g/mol. The Kier molecular flexibility index (Phi) is 1.59. The summed E-state index contributed by atoms with van der Waals surface area (Å²) in [6, 6.07) is -0.264. The van der Waals surface area contributed by atoms with Crippen molar-refractivity contribution >= 4 is 11.9 Å². The van der Waals surface area contributed by atoms with E-state index in [9.17, 15) is 4.79 Å². The summed E-state index contributed by atoms with van der Waals surface area (Å²) in [6.45, 7) is 0.729. The number of amides is 1. The van der Waals surface area contributed by atoms with Crippen LogP contribution in [0.3, 0.4) is 0 Å². The van der Waals surface area contributed by atoms with Gasteiger partial charge in [0.1, 0.15) is 12.4 Å². The fourth-order valence-corrected chi connectivity index (χ4v) is 2.24. The van der Waals surface area contributed by atoms with Gasteiger partial charge in [0.15, 0.2) is 0 Å². The predicted octanol–water partition coefficient (Wildman–Crippen LogP) is -0.370. The van der Waals surface area contributed by atoms with E-state index in [0.717, 1.165) is 31.0 Å². The zero-order valence-electron chi connectivity index (χ0n) is 8.13. The predicted molar refractivity (Wildman–Crippen MR) is 52.8 cm³/mol. The van der Waals surface area contributed by atoms with E-state index in [1.165, 1.54) is 6.33 Å². The van der Waals surface area contributed by atoms with Crippen LogP contribution in [0.2, 0.25) is 0 Å². The fraction of sp³-hybridized carbons (Fsp3) is 0.444. The molecule has 0 aromatic carbocycles. The number of fused-ring (bicyclic) bond motifs is 3. The molecule has 1 saturated heterocycles. The molecule has 15 heavy (non-hydrogen) atoms. The molecule has 1 amide bonds. The van der Waals surface area contributed by atoms with E-state index in [4.69, 9.17) is 5.73 Å². The van der Waals surface area contributed by atoms with Crippen LogP contribution in [-0.4, -0.2) is 26.7 Å². The van der Waals surface area contributed by atoms with Gasteiger partial charge in [-0.1, -0.05) is 0 Å². The van der Waals surface area contributed by atoms with Crippen LogP contribution in [0, 0.1) is 0 Å². The van der Waals surface area contributed by atoms with Gasteiger partial charge in [0.2, 0.25) is 11.9 Å². The lowest BCUT2D eigenvalue weighted by atomic mass is 10.2. The average molecular weight is 205 g/mol. The molecule has 6 nitrogen and oxygen atoms in total. The number of carbonyl (C=O) groups excluding carboxylic acids is 1. The second kappa shape index (κ2) is 2.82. The Morgan fingerprint density at radius 3 is 3.27 bits per heavy atom. The molecule has 1 aromatic heterocycles. The first-order valence-corrected chi connectivity index (χ1v) is 4.93. The van der Waals surface area contributed by atoms with Crippen molar-refractivity contribution in [3.63, 3.8) is 0 Å². The number of carbonyl (C=O) groups is 1. The first-order chi connectivity index (χ1) is 7.27. The third-order valence-corrected chi connectivity index (χ3v) is 2.93. The number of allylic oxidation sites excluding steroid dienone is 2. The number of anilines is 1. The molecule has 1 aromatic rings. The van der Waals surface area contributed by atoms with Crippen molar-refractivity contribution in [1.82, 2.24) is 14.8 Å². The summed E-state index contributed by atoms with van der Waals surface area (Å²) < 4.78 is 1.77. The van der Waals surface area contributed by atoms with Gasteiger partial charge in [0, 0.05) is 5.70 Å². The van der Waals surface area contributed by atoms with Crippen molar-refractivity contribution in [3.8, 4) is 0 Å². The molecular formula is C9H11N5O. The molecule has 1 fully saturated rings. The highest BCUT2D eigenvalue weighted by Crippen LogP contribution is 2.34. The number of primary amides is 1. The summed E-state index contributed by atoms with van der Waals surface area (Å²) in [5.41, 5.74) is 6.50. The van der Waals surface area contributed by atoms with Crippen LogP contribution >= 0.6 is 0 Å². The standard InChI is InChI=1S/C9H11N5O/c10-8(15)7-2-1-6-3-4-13-9(14(6)7)11-5-12-13/h3,5,7H,1-2,4H2,(H2,10,15)/t7-/m0/s1. The van der Waals surface area contributed by atoms with Gasteiger partial charge in [0.25, 0.3) is 0 Å². The third-order valence-electron chi connectivity index (χ3n) is 2.93. The highest BCUT2D eigenvalue weighted by molar-refractivity contribution is 5.85. The van der Waals surface area contributed by atoms with Gasteiger partial charge in [-0.15, -0.1) is 0 Å². The van der Waals surface area contributed by atoms with E-state index < -0.39 is 0 Å². The molecule has 2 N–H and O–H groups in total. The quantitative estimate of drug-likeness (QED) is 0.678. The monoisotopic (exact) mass is 205 g/mol. The highest BCUT2D eigenvalue weighted by Gasteiger charge is 2.37. The maximum atomic E-state index is 11.3. The lowest BCUT2D eigenvalue weighted by molar-refractivity contribution is -0.119. The van der Waals surface area contributed by atoms with Crippen LogP contribution < -0.4 is 10.6 Å². The molecule has 6 heteroatoms. The minimum absolute atomic E-state index is 0.264. The average Bonchev–Trinajstić information content (AvgIpc) is 2.82. The molecule has 0 spiro atoms. The smallest absolute Gasteiger partial charge is 0.240 e. The highest BCUT2D eigenvalue weighted by atomic mass is 16.1. The van der Waals surface area contributed by atoms with Crippen LogP contribution in [0.5, 0.6) is 0 Å². The van der Waals surface area contributed by atoms with Crippen molar-refractivity contribution in [2.45, 2.75) is 25.4 Å². The van der Waals surface area contributed by atoms with Crippen LogP contribution in [0.25, 0.3) is 0 Å². The maximum Gasteiger partial charge on any atom is 0.240 e. The Labute approximate surface area is 86.4 Å². The van der Waals surface area contributed by atoms with Crippen molar-refractivity contribution < 1.29 is 4.79 Å². The Balaban J connectivity index is 2.07. The molecule has 0 unspecified atom stereocenters. The molecule has 0 saturated carbocycles. The molecule has 0 aliphatic carbocycles. The molecule has 0 radical (unpaired) electrons. The number of hydrogen-bond acceptors (Lipinski definition) is 4. The fourth-order valence-electron chi connectivity index (χ4n) is 2.24. The molecule has 3 heterocycles. The maximum absolute atomic E-state index is 11.3. The van der Waals surface area contributed by atoms with Crippen molar-refractivity contribution in [2.75, 3.05) is 4.90 Å². The number of nitrogens with zero attached hydrogens (tertiary/aromatic N) is 4. The van der Waals surface area contributed by atoms with Crippen molar-refractivity contribution in [2.24, 2.45) is 5.73 Å². The van der Waals surface area contributed by atoms with Crippen LogP contribution in [-0.2, 0) is 11.3 Å². The second-order valence-electron chi connectivity index (χ2n) is 3.76. The number of rotatable bonds is 1. The molecule has 3 rings (SSSR count). The van der Waals surface area contributed by atoms with Crippen molar-refractivity contribution in [3.05, 3.63) is 18.1 Å². The number of aromatic nitrogens is 3. The van der Waals surface area contributed by atoms with Crippen LogP contribution in [0.15, 0.2) is 18.1 Å². The van der Waals surface area contributed by atoms with E-state index >= 15 is 0 Å². The minimum Gasteiger partial charge on any atom is -0.368 e. The molecule has 78 valence electrons. The van der Waals surface area contributed by atoms with Gasteiger partial charge >= 0.3 is 0 Å². The molecule has 1 atom stereocenters. The molecule has 2 aliphatic rings. The normalized spacial score (nSPS) is 23.3. The second-order valence-corrected chi connectivity index (χ2v) is 3.76. The van der Waals surface area contributed by atoms with Crippen LogP contribution in [0.1, 0.15) is 12.8 Å². The van der Waals surface area contributed by atoms with E-state index in [2.05, 4.69) is 16.2 Å². The van der Waals surface area contributed by atoms with Gasteiger partial charge < -0.3 is 10.6 Å². The summed E-state index contributed by atoms with van der Waals surface area (Å²) >= 11 is 0. The lowest BCUT2D eigenvalue weighted by Crippen LogP contribution is -2.42. The van der Waals surface area contributed by atoms with E-state index in [1.54, 1.807) is 4.68 Å². The summed E-state index contributed by atoms with van der Waals surface area (Å²) in [6.07, 6.45) is 5.24. The van der Waals surface area contributed by atoms with E-state index in [1.807, 2.05) is 4.90 Å². The zero-order chi connectivity index (χ0) is 10.4. The van der Waals surface area contributed by atoms with E-state index in [-0.39, 0.29) is 11.9 Å². The largest absolute Gasteiger partial charge is 0.368 e. The van der Waals surface area contributed by atoms with Gasteiger partial charge in [-0.3, -0.25) is 4.79 Å². The molecule has 2 aliphatic heterocycles. The Morgan fingerprint density at radius 1 is 1.60 bits per heavy atom. The minimum atomic E-state index is -0.296. The summed E-state index contributed by atoms with van der Waals surface area (Å²) in [7, 11) is 0. The number of nitrogens with two attached hydrogens (primary N) is 1. The number of hydrogen-bond donors (Lipinski definition) is 1. The van der Waals surface area contributed by atoms with Crippen molar-refractivity contribution in [1.29, 1.82) is 0 Å². The first-order valence-electron chi connectivity index (χ1n) is 4.93. The Morgan fingerprint density at radius 2 is 2.47 bits per heavy atom. The first kappa shape index (κ1) is 8.46. The summed E-state index contributed by atoms with van der Waals surface area (Å²) in [5, 5.41) is 4.08. The van der Waals surface area contributed by atoms with Crippen LogP contribution in [0.4, 0.5) is 5.95 Å². The SMILES string of the molecule is NC(=O)[C@@H]1CCC2=CCn3ncnc3N21. The third kappa shape index (κ3) is 1.07. The lowest BCUT2D eigenvalue weighted by Gasteiger charge is -2.27. The topological polar surface area (TPSA) is 77.0 Å². The van der Waals surface area contributed by atoms with Gasteiger partial charge in [-0.05, 0) is 18.9 Å². The Hall–Kier alpha value is -1.85. The van der Waals surface area contributed by atoms with Gasteiger partial charge in [-0.2, -0.15) is 10.1 Å². The van der Waals surface area contributed by atoms with Gasteiger partial charge in [-0.25, -0.2) is 4.68 Å². The van der Waals surface area contributed by atoms with Gasteiger partial charge in [0.05, 0.1) is 6.54 Å². The Bertz CT molecular complexity index is 449.